The summed E-state index contributed by atoms with van der Waals surface area (Å²) in [6, 6.07) is 5.56. The van der Waals surface area contributed by atoms with Gasteiger partial charge in [-0.05, 0) is 65.5 Å². The largest absolute Gasteiger partial charge is 0.489 e. The highest BCUT2D eigenvalue weighted by Crippen LogP contribution is 2.35. The standard InChI is InChI=1S/C21H31NO4/c1-15(2)25-18-10-6-9-17(14-23)20(18)22-11-7-8-16(13-22)12-19(24)26-21(3,4)5/h6,9-10,14-16H,7-8,11-13H2,1-5H3/t16-/m0/s1. The molecule has 1 aliphatic rings. The molecular weight excluding hydrogens is 330 g/mol. The van der Waals surface area contributed by atoms with Crippen molar-refractivity contribution in [3.8, 4) is 5.75 Å². The van der Waals surface area contributed by atoms with E-state index in [0.717, 1.165) is 43.7 Å². The minimum absolute atomic E-state index is 0.0259. The first kappa shape index (κ1) is 20.3. The third-order valence-corrected chi connectivity index (χ3v) is 4.23. The molecule has 1 aromatic rings. The molecule has 5 heteroatoms. The highest BCUT2D eigenvalue weighted by Gasteiger charge is 2.27. The molecule has 0 spiro atoms. The summed E-state index contributed by atoms with van der Waals surface area (Å²) in [4.78, 5) is 25.9. The molecule has 5 nitrogen and oxygen atoms in total. The molecule has 1 heterocycles. The Bertz CT molecular complexity index is 633. The van der Waals surface area contributed by atoms with E-state index in [1.807, 2.05) is 52.8 Å². The molecule has 0 aromatic heterocycles. The van der Waals surface area contributed by atoms with Gasteiger partial charge in [0.05, 0.1) is 18.2 Å². The highest BCUT2D eigenvalue weighted by molar-refractivity contribution is 5.87. The van der Waals surface area contributed by atoms with Crippen molar-refractivity contribution in [3.63, 3.8) is 0 Å². The Morgan fingerprint density at radius 3 is 2.69 bits per heavy atom. The number of benzene rings is 1. The Balaban J connectivity index is 2.16. The average molecular weight is 361 g/mol. The summed E-state index contributed by atoms with van der Waals surface area (Å²) in [6.45, 7) is 11.2. The monoisotopic (exact) mass is 361 g/mol. The third-order valence-electron chi connectivity index (χ3n) is 4.23. The van der Waals surface area contributed by atoms with Crippen LogP contribution in [-0.2, 0) is 9.53 Å². The lowest BCUT2D eigenvalue weighted by Gasteiger charge is -2.36. The van der Waals surface area contributed by atoms with Gasteiger partial charge < -0.3 is 14.4 Å². The fourth-order valence-electron chi connectivity index (χ4n) is 3.38. The molecule has 1 aromatic carbocycles. The number of para-hydroxylation sites is 1. The van der Waals surface area contributed by atoms with Crippen molar-refractivity contribution in [2.45, 2.75) is 65.6 Å². The Morgan fingerprint density at radius 1 is 1.35 bits per heavy atom. The number of carbonyl (C=O) groups excluding carboxylic acids is 2. The van der Waals surface area contributed by atoms with Crippen molar-refractivity contribution in [2.75, 3.05) is 18.0 Å². The lowest BCUT2D eigenvalue weighted by Crippen LogP contribution is -2.38. The van der Waals surface area contributed by atoms with E-state index in [0.29, 0.717) is 12.0 Å². The summed E-state index contributed by atoms with van der Waals surface area (Å²) < 4.78 is 11.4. The number of piperidine rings is 1. The summed E-state index contributed by atoms with van der Waals surface area (Å²) in [5.74, 6) is 0.777. The summed E-state index contributed by atoms with van der Waals surface area (Å²) in [6.07, 6.45) is 3.26. The van der Waals surface area contributed by atoms with Gasteiger partial charge in [0.2, 0.25) is 0 Å². The molecular formula is C21H31NO4. The Kier molecular flexibility index (Phi) is 6.68. The van der Waals surface area contributed by atoms with Gasteiger partial charge in [0.15, 0.2) is 6.29 Å². The molecule has 1 fully saturated rings. The number of aldehydes is 1. The predicted molar refractivity (Wildman–Crippen MR) is 103 cm³/mol. The molecule has 1 saturated heterocycles. The summed E-state index contributed by atoms with van der Waals surface area (Å²) in [5.41, 5.74) is 1.000. The zero-order valence-electron chi connectivity index (χ0n) is 16.6. The lowest BCUT2D eigenvalue weighted by molar-refractivity contribution is -0.156. The molecule has 26 heavy (non-hydrogen) atoms. The van der Waals surface area contributed by atoms with Crippen LogP contribution in [0, 0.1) is 5.92 Å². The first-order valence-corrected chi connectivity index (χ1v) is 9.41. The van der Waals surface area contributed by atoms with Crippen LogP contribution in [0.15, 0.2) is 18.2 Å². The number of ether oxygens (including phenoxy) is 2. The van der Waals surface area contributed by atoms with E-state index in [-0.39, 0.29) is 18.0 Å². The third kappa shape index (κ3) is 5.75. The molecule has 0 amide bonds. The number of esters is 1. The van der Waals surface area contributed by atoms with Crippen LogP contribution in [0.4, 0.5) is 5.69 Å². The van der Waals surface area contributed by atoms with Crippen molar-refractivity contribution in [2.24, 2.45) is 5.92 Å². The van der Waals surface area contributed by atoms with Gasteiger partial charge in [-0.2, -0.15) is 0 Å². The fourth-order valence-corrected chi connectivity index (χ4v) is 3.38. The highest BCUT2D eigenvalue weighted by atomic mass is 16.6. The van der Waals surface area contributed by atoms with Crippen LogP contribution >= 0.6 is 0 Å². The van der Waals surface area contributed by atoms with Crippen molar-refractivity contribution in [1.82, 2.24) is 0 Å². The van der Waals surface area contributed by atoms with Crippen molar-refractivity contribution < 1.29 is 19.1 Å². The molecule has 0 bridgehead atoms. The van der Waals surface area contributed by atoms with Gasteiger partial charge in [0.1, 0.15) is 11.4 Å². The fraction of sp³-hybridized carbons (Fsp3) is 0.619. The molecule has 0 unspecified atom stereocenters. The van der Waals surface area contributed by atoms with Crippen molar-refractivity contribution in [3.05, 3.63) is 23.8 Å². The minimum atomic E-state index is -0.464. The van der Waals surface area contributed by atoms with Crippen LogP contribution in [-0.4, -0.2) is 37.0 Å². The topological polar surface area (TPSA) is 55.8 Å². The van der Waals surface area contributed by atoms with Gasteiger partial charge in [-0.25, -0.2) is 0 Å². The zero-order valence-corrected chi connectivity index (χ0v) is 16.6. The SMILES string of the molecule is CC(C)Oc1cccc(C=O)c1N1CCC[C@@H](CC(=O)OC(C)(C)C)C1. The summed E-state index contributed by atoms with van der Waals surface area (Å²) in [5, 5.41) is 0. The lowest BCUT2D eigenvalue weighted by atomic mass is 9.93. The normalized spacial score (nSPS) is 17.9. The van der Waals surface area contributed by atoms with E-state index in [4.69, 9.17) is 9.47 Å². The van der Waals surface area contributed by atoms with Gasteiger partial charge in [-0.3, -0.25) is 9.59 Å². The first-order valence-electron chi connectivity index (χ1n) is 9.41. The van der Waals surface area contributed by atoms with E-state index in [1.54, 1.807) is 0 Å². The van der Waals surface area contributed by atoms with E-state index in [2.05, 4.69) is 4.90 Å². The average Bonchev–Trinajstić information content (AvgIpc) is 2.52. The van der Waals surface area contributed by atoms with E-state index in [9.17, 15) is 9.59 Å². The molecule has 2 rings (SSSR count). The summed E-state index contributed by atoms with van der Waals surface area (Å²) >= 11 is 0. The first-order chi connectivity index (χ1) is 12.2. The minimum Gasteiger partial charge on any atom is -0.489 e. The van der Waals surface area contributed by atoms with Gasteiger partial charge in [0, 0.05) is 18.7 Å². The predicted octanol–water partition coefficient (Wildman–Crippen LogP) is 4.23. The van der Waals surface area contributed by atoms with Gasteiger partial charge in [-0.15, -0.1) is 0 Å². The zero-order chi connectivity index (χ0) is 19.3. The molecule has 0 radical (unpaired) electrons. The smallest absolute Gasteiger partial charge is 0.306 e. The van der Waals surface area contributed by atoms with Gasteiger partial charge in [0.25, 0.3) is 0 Å². The van der Waals surface area contributed by atoms with Crippen LogP contribution in [0.2, 0.25) is 0 Å². The maximum atomic E-state index is 12.2. The Morgan fingerprint density at radius 2 is 2.08 bits per heavy atom. The number of hydrogen-bond donors (Lipinski definition) is 0. The van der Waals surface area contributed by atoms with Crippen molar-refractivity contribution >= 4 is 17.9 Å². The van der Waals surface area contributed by atoms with E-state index < -0.39 is 5.60 Å². The van der Waals surface area contributed by atoms with Crippen LogP contribution in [0.5, 0.6) is 5.75 Å². The molecule has 144 valence electrons. The maximum absolute atomic E-state index is 12.2. The Labute approximate surface area is 156 Å². The number of anilines is 1. The summed E-state index contributed by atoms with van der Waals surface area (Å²) in [7, 11) is 0. The second-order valence-electron chi connectivity index (χ2n) is 8.22. The van der Waals surface area contributed by atoms with E-state index >= 15 is 0 Å². The van der Waals surface area contributed by atoms with Crippen LogP contribution in [0.3, 0.4) is 0 Å². The van der Waals surface area contributed by atoms with Gasteiger partial charge >= 0.3 is 5.97 Å². The number of carbonyl (C=O) groups is 2. The second-order valence-corrected chi connectivity index (χ2v) is 8.22. The van der Waals surface area contributed by atoms with E-state index in [1.165, 1.54) is 0 Å². The second kappa shape index (κ2) is 8.56. The molecule has 1 atom stereocenters. The molecule has 0 saturated carbocycles. The molecule has 1 aliphatic heterocycles. The number of hydrogen-bond acceptors (Lipinski definition) is 5. The van der Waals surface area contributed by atoms with Crippen LogP contribution in [0.1, 0.15) is 64.2 Å². The molecule has 0 N–H and O–H groups in total. The van der Waals surface area contributed by atoms with Crippen LogP contribution in [0.25, 0.3) is 0 Å². The number of nitrogens with zero attached hydrogens (tertiary/aromatic N) is 1. The Hall–Kier alpha value is -2.04. The van der Waals surface area contributed by atoms with Gasteiger partial charge in [-0.1, -0.05) is 6.07 Å². The van der Waals surface area contributed by atoms with Crippen molar-refractivity contribution in [1.29, 1.82) is 0 Å². The molecule has 0 aliphatic carbocycles. The van der Waals surface area contributed by atoms with Crippen LogP contribution < -0.4 is 9.64 Å². The maximum Gasteiger partial charge on any atom is 0.306 e. The quantitative estimate of drug-likeness (QED) is 0.560. The number of rotatable bonds is 6.